The first-order valence-corrected chi connectivity index (χ1v) is 6.39. The zero-order valence-corrected chi connectivity index (χ0v) is 12.4. The lowest BCUT2D eigenvalue weighted by Gasteiger charge is -2.19. The lowest BCUT2D eigenvalue weighted by molar-refractivity contribution is -0.137. The third kappa shape index (κ3) is 5.13. The number of carbonyl (C=O) groups excluding carboxylic acids is 3. The molecule has 0 atom stereocenters. The molecule has 114 valence electrons. The monoisotopic (exact) mass is 292 g/mol. The van der Waals surface area contributed by atoms with Gasteiger partial charge in [-0.25, -0.2) is 0 Å². The number of benzene rings is 1. The number of carbonyl (C=O) groups is 3. The van der Waals surface area contributed by atoms with E-state index < -0.39 is 0 Å². The summed E-state index contributed by atoms with van der Waals surface area (Å²) in [5, 5.41) is 2.51. The minimum Gasteiger partial charge on any atom is -0.399 e. The van der Waals surface area contributed by atoms with Crippen molar-refractivity contribution in [3.05, 3.63) is 29.8 Å². The number of hydrogen-bond acceptors (Lipinski definition) is 4. The number of nitrogens with two attached hydrogens (primary N) is 1. The van der Waals surface area contributed by atoms with E-state index in [9.17, 15) is 14.4 Å². The molecule has 1 rings (SSSR count). The Kier molecular flexibility index (Phi) is 5.71. The Morgan fingerprint density at radius 1 is 1.05 bits per heavy atom. The average Bonchev–Trinajstić information content (AvgIpc) is 2.44. The van der Waals surface area contributed by atoms with Crippen LogP contribution >= 0.6 is 0 Å². The van der Waals surface area contributed by atoms with Crippen LogP contribution in [0, 0.1) is 0 Å². The predicted octanol–water partition coefficient (Wildman–Crippen LogP) is -0.455. The molecule has 0 aliphatic carbocycles. The van der Waals surface area contributed by atoms with Crippen LogP contribution in [-0.4, -0.2) is 61.8 Å². The van der Waals surface area contributed by atoms with Crippen LogP contribution in [0.2, 0.25) is 0 Å². The highest BCUT2D eigenvalue weighted by Gasteiger charge is 2.15. The molecule has 0 bridgehead atoms. The molecule has 1 aromatic rings. The van der Waals surface area contributed by atoms with Crippen LogP contribution in [0.4, 0.5) is 5.69 Å². The van der Waals surface area contributed by atoms with Gasteiger partial charge in [0.05, 0.1) is 13.1 Å². The number of likely N-dealkylation sites (N-methyl/N-ethyl adjacent to an activating group) is 2. The van der Waals surface area contributed by atoms with E-state index in [1.54, 1.807) is 38.4 Å². The van der Waals surface area contributed by atoms with E-state index in [1.165, 1.54) is 16.8 Å². The van der Waals surface area contributed by atoms with Crippen LogP contribution in [-0.2, 0) is 9.59 Å². The smallest absolute Gasteiger partial charge is 0.251 e. The minimum absolute atomic E-state index is 0.0242. The van der Waals surface area contributed by atoms with Crippen LogP contribution in [0.25, 0.3) is 0 Å². The Bertz CT molecular complexity index is 526. The molecule has 3 N–H and O–H groups in total. The maximum Gasteiger partial charge on any atom is 0.251 e. The van der Waals surface area contributed by atoms with Crippen molar-refractivity contribution in [2.75, 3.05) is 40.0 Å². The first kappa shape index (κ1) is 16.5. The van der Waals surface area contributed by atoms with Gasteiger partial charge in [-0.1, -0.05) is 0 Å². The molecular formula is C14H20N4O3. The highest BCUT2D eigenvalue weighted by molar-refractivity contribution is 5.97. The van der Waals surface area contributed by atoms with Crippen LogP contribution < -0.4 is 11.1 Å². The third-order valence-corrected chi connectivity index (χ3v) is 2.87. The molecular weight excluding hydrogens is 272 g/mol. The molecule has 0 aliphatic heterocycles. The summed E-state index contributed by atoms with van der Waals surface area (Å²) in [6, 6.07) is 6.38. The Balaban J connectivity index is 2.47. The van der Waals surface area contributed by atoms with Crippen LogP contribution in [0.1, 0.15) is 10.4 Å². The van der Waals surface area contributed by atoms with E-state index >= 15 is 0 Å². The number of nitrogens with one attached hydrogen (secondary N) is 1. The van der Waals surface area contributed by atoms with Gasteiger partial charge in [-0.05, 0) is 24.3 Å². The number of nitrogens with zero attached hydrogens (tertiary/aromatic N) is 2. The van der Waals surface area contributed by atoms with Crippen molar-refractivity contribution in [1.29, 1.82) is 0 Å². The number of rotatable bonds is 5. The Labute approximate surface area is 123 Å². The fraction of sp³-hybridized carbons (Fsp3) is 0.357. The van der Waals surface area contributed by atoms with E-state index in [4.69, 9.17) is 5.73 Å². The molecule has 0 spiro atoms. The first-order valence-electron chi connectivity index (χ1n) is 6.39. The van der Waals surface area contributed by atoms with Crippen molar-refractivity contribution in [3.63, 3.8) is 0 Å². The van der Waals surface area contributed by atoms with Gasteiger partial charge in [-0.3, -0.25) is 14.4 Å². The van der Waals surface area contributed by atoms with Gasteiger partial charge >= 0.3 is 0 Å². The second-order valence-electron chi connectivity index (χ2n) is 4.84. The van der Waals surface area contributed by atoms with Gasteiger partial charge in [0.15, 0.2) is 0 Å². The summed E-state index contributed by atoms with van der Waals surface area (Å²) < 4.78 is 0. The fourth-order valence-corrected chi connectivity index (χ4v) is 1.46. The van der Waals surface area contributed by atoms with E-state index in [1.807, 2.05) is 0 Å². The van der Waals surface area contributed by atoms with Crippen LogP contribution in [0.3, 0.4) is 0 Å². The minimum atomic E-state index is -0.365. The molecule has 0 aromatic heterocycles. The maximum atomic E-state index is 11.8. The first-order chi connectivity index (χ1) is 9.81. The van der Waals surface area contributed by atoms with E-state index in [2.05, 4.69) is 5.32 Å². The quantitative estimate of drug-likeness (QED) is 0.718. The van der Waals surface area contributed by atoms with E-state index in [-0.39, 0.29) is 30.8 Å². The van der Waals surface area contributed by atoms with Crippen molar-refractivity contribution in [1.82, 2.24) is 15.1 Å². The number of anilines is 1. The molecule has 0 radical (unpaired) electrons. The SMILES string of the molecule is CN(C)C(=O)CN(C)C(=O)CNC(=O)c1ccc(N)cc1. The second-order valence-corrected chi connectivity index (χ2v) is 4.84. The van der Waals surface area contributed by atoms with Gasteiger partial charge in [0.25, 0.3) is 5.91 Å². The van der Waals surface area contributed by atoms with Crippen molar-refractivity contribution in [3.8, 4) is 0 Å². The largest absolute Gasteiger partial charge is 0.399 e. The van der Waals surface area contributed by atoms with Crippen LogP contribution in [0.5, 0.6) is 0 Å². The summed E-state index contributed by atoms with van der Waals surface area (Å²) in [6.45, 7) is -0.190. The molecule has 7 nitrogen and oxygen atoms in total. The normalized spacial score (nSPS) is 9.86. The molecule has 0 unspecified atom stereocenters. The molecule has 0 aliphatic rings. The summed E-state index contributed by atoms with van der Waals surface area (Å²) in [6.07, 6.45) is 0. The van der Waals surface area contributed by atoms with Crippen molar-refractivity contribution in [2.24, 2.45) is 0 Å². The lowest BCUT2D eigenvalue weighted by atomic mass is 10.2. The van der Waals surface area contributed by atoms with E-state index in [0.717, 1.165) is 0 Å². The number of nitrogen functional groups attached to an aromatic ring is 1. The molecule has 0 saturated heterocycles. The molecule has 21 heavy (non-hydrogen) atoms. The Morgan fingerprint density at radius 3 is 2.14 bits per heavy atom. The predicted molar refractivity (Wildman–Crippen MR) is 79.5 cm³/mol. The average molecular weight is 292 g/mol. The van der Waals surface area contributed by atoms with Gasteiger partial charge < -0.3 is 20.9 Å². The summed E-state index contributed by atoms with van der Waals surface area (Å²) in [4.78, 5) is 37.8. The summed E-state index contributed by atoms with van der Waals surface area (Å²) in [7, 11) is 4.74. The van der Waals surface area contributed by atoms with Crippen molar-refractivity contribution >= 4 is 23.4 Å². The Morgan fingerprint density at radius 2 is 1.62 bits per heavy atom. The highest BCUT2D eigenvalue weighted by atomic mass is 16.2. The molecule has 7 heteroatoms. The van der Waals surface area contributed by atoms with Gasteiger partial charge in [-0.15, -0.1) is 0 Å². The molecule has 0 heterocycles. The van der Waals surface area contributed by atoms with Gasteiger partial charge in [0.1, 0.15) is 0 Å². The summed E-state index contributed by atoms with van der Waals surface area (Å²) in [5.74, 6) is -0.889. The third-order valence-electron chi connectivity index (χ3n) is 2.87. The fourth-order valence-electron chi connectivity index (χ4n) is 1.46. The maximum absolute atomic E-state index is 11.8. The summed E-state index contributed by atoms with van der Waals surface area (Å²) in [5.41, 5.74) is 6.51. The van der Waals surface area contributed by atoms with Crippen LogP contribution in [0.15, 0.2) is 24.3 Å². The molecule has 3 amide bonds. The molecule has 1 aromatic carbocycles. The van der Waals surface area contributed by atoms with Crippen molar-refractivity contribution in [2.45, 2.75) is 0 Å². The van der Waals surface area contributed by atoms with Gasteiger partial charge in [0, 0.05) is 32.4 Å². The van der Waals surface area contributed by atoms with Gasteiger partial charge in [-0.2, -0.15) is 0 Å². The number of amides is 3. The lowest BCUT2D eigenvalue weighted by Crippen LogP contribution is -2.42. The zero-order valence-electron chi connectivity index (χ0n) is 12.4. The van der Waals surface area contributed by atoms with E-state index in [0.29, 0.717) is 11.3 Å². The molecule has 0 saturated carbocycles. The zero-order chi connectivity index (χ0) is 16.0. The topological polar surface area (TPSA) is 95.7 Å². The second kappa shape index (κ2) is 7.28. The Hall–Kier alpha value is -2.57. The molecule has 0 fully saturated rings. The van der Waals surface area contributed by atoms with Crippen molar-refractivity contribution < 1.29 is 14.4 Å². The summed E-state index contributed by atoms with van der Waals surface area (Å²) >= 11 is 0. The van der Waals surface area contributed by atoms with Gasteiger partial charge in [0.2, 0.25) is 11.8 Å². The standard InChI is InChI=1S/C14H20N4O3/c1-17(2)13(20)9-18(3)12(19)8-16-14(21)10-4-6-11(15)7-5-10/h4-7H,8-9,15H2,1-3H3,(H,16,21). The number of hydrogen-bond donors (Lipinski definition) is 2. The highest BCUT2D eigenvalue weighted by Crippen LogP contribution is 2.04.